The van der Waals surface area contributed by atoms with Crippen LogP contribution in [0.15, 0.2) is 33.4 Å². The quantitative estimate of drug-likeness (QED) is 0.804. The molecule has 3 heteroatoms. The summed E-state index contributed by atoms with van der Waals surface area (Å²) in [7, 11) is 0. The Hall–Kier alpha value is -0.410. The van der Waals surface area contributed by atoms with Gasteiger partial charge in [-0.15, -0.1) is 0 Å². The molecule has 1 nitrogen and oxygen atoms in total. The molecule has 0 aliphatic heterocycles. The highest BCUT2D eigenvalue weighted by atomic mass is 79.9. The van der Waals surface area contributed by atoms with Crippen LogP contribution in [0.5, 0.6) is 0 Å². The third-order valence-corrected chi connectivity index (χ3v) is 3.01. The van der Waals surface area contributed by atoms with Crippen molar-refractivity contribution < 1.29 is 4.42 Å². The maximum absolute atomic E-state index is 5.42. The van der Waals surface area contributed by atoms with Gasteiger partial charge in [-0.3, -0.25) is 0 Å². The molecule has 0 spiro atoms. The summed E-state index contributed by atoms with van der Waals surface area (Å²) in [4.78, 5) is 0. The minimum atomic E-state index is 0.965. The second-order valence-electron chi connectivity index (χ2n) is 2.83. The average molecular weight is 257 g/mol. The Morgan fingerprint density at radius 1 is 1.46 bits per heavy atom. The van der Waals surface area contributed by atoms with Crippen LogP contribution in [-0.4, -0.2) is 6.26 Å². The van der Waals surface area contributed by atoms with Gasteiger partial charge in [-0.2, -0.15) is 11.8 Å². The molecule has 1 aromatic carbocycles. The largest absolute Gasteiger partial charge is 0.464 e. The molecule has 0 N–H and O–H groups in total. The highest BCUT2D eigenvalue weighted by Gasteiger charge is 2.04. The van der Waals surface area contributed by atoms with Crippen LogP contribution in [0.3, 0.4) is 0 Å². The number of halogens is 1. The minimum Gasteiger partial charge on any atom is -0.464 e. The molecule has 13 heavy (non-hydrogen) atoms. The molecule has 0 amide bonds. The van der Waals surface area contributed by atoms with Crippen LogP contribution in [0.1, 0.15) is 5.56 Å². The number of benzene rings is 1. The Labute approximate surface area is 89.6 Å². The molecule has 0 fully saturated rings. The van der Waals surface area contributed by atoms with Crippen LogP contribution >= 0.6 is 27.7 Å². The summed E-state index contributed by atoms with van der Waals surface area (Å²) in [6.45, 7) is 0. The van der Waals surface area contributed by atoms with E-state index in [4.69, 9.17) is 4.42 Å². The van der Waals surface area contributed by atoms with E-state index in [1.807, 2.05) is 18.4 Å². The first kappa shape index (κ1) is 9.16. The molecular formula is C10H9BrOS. The average Bonchev–Trinajstić information content (AvgIpc) is 2.49. The Bertz CT molecular complexity index is 422. The number of hydrogen-bond acceptors (Lipinski definition) is 2. The van der Waals surface area contributed by atoms with Gasteiger partial charge in [-0.05, 0) is 24.5 Å². The maximum atomic E-state index is 5.42. The fraction of sp³-hybridized carbons (Fsp3) is 0.200. The van der Waals surface area contributed by atoms with Crippen molar-refractivity contribution in [3.05, 3.63) is 34.5 Å². The van der Waals surface area contributed by atoms with Gasteiger partial charge in [0.15, 0.2) is 0 Å². The van der Waals surface area contributed by atoms with Gasteiger partial charge in [0.05, 0.1) is 6.26 Å². The van der Waals surface area contributed by atoms with E-state index in [9.17, 15) is 0 Å². The first-order valence-electron chi connectivity index (χ1n) is 3.96. The molecule has 0 aliphatic rings. The Morgan fingerprint density at radius 2 is 2.31 bits per heavy atom. The lowest BCUT2D eigenvalue weighted by Crippen LogP contribution is -1.75. The lowest BCUT2D eigenvalue weighted by Gasteiger charge is -1.94. The minimum absolute atomic E-state index is 0.965. The van der Waals surface area contributed by atoms with E-state index in [1.54, 1.807) is 11.8 Å². The van der Waals surface area contributed by atoms with Crippen LogP contribution in [0, 0.1) is 0 Å². The van der Waals surface area contributed by atoms with Crippen molar-refractivity contribution in [2.45, 2.75) is 5.75 Å². The van der Waals surface area contributed by atoms with Crippen molar-refractivity contribution in [2.75, 3.05) is 6.26 Å². The molecule has 1 heterocycles. The van der Waals surface area contributed by atoms with Gasteiger partial charge in [0.25, 0.3) is 0 Å². The SMILES string of the molecule is CSCc1coc2ccc(Br)cc12. The van der Waals surface area contributed by atoms with E-state index >= 15 is 0 Å². The van der Waals surface area contributed by atoms with Crippen molar-refractivity contribution in [1.29, 1.82) is 0 Å². The summed E-state index contributed by atoms with van der Waals surface area (Å²) in [5.74, 6) is 1.00. The van der Waals surface area contributed by atoms with E-state index in [-0.39, 0.29) is 0 Å². The van der Waals surface area contributed by atoms with Gasteiger partial charge in [-0.25, -0.2) is 0 Å². The zero-order valence-electron chi connectivity index (χ0n) is 7.21. The van der Waals surface area contributed by atoms with Crippen LogP contribution in [-0.2, 0) is 5.75 Å². The predicted octanol–water partition coefficient (Wildman–Crippen LogP) is 4.06. The molecule has 0 saturated carbocycles. The first-order valence-corrected chi connectivity index (χ1v) is 6.14. The normalized spacial score (nSPS) is 10.9. The number of furan rings is 1. The standard InChI is InChI=1S/C10H9BrOS/c1-13-6-7-5-12-10-3-2-8(11)4-9(7)10/h2-5H,6H2,1H3. The second-order valence-corrected chi connectivity index (χ2v) is 4.62. The second kappa shape index (κ2) is 3.76. The first-order chi connectivity index (χ1) is 6.31. The fourth-order valence-corrected chi connectivity index (χ4v) is 2.22. The molecule has 0 radical (unpaired) electrons. The molecule has 0 bridgehead atoms. The summed E-state index contributed by atoms with van der Waals surface area (Å²) in [6, 6.07) is 6.09. The Kier molecular flexibility index (Phi) is 2.65. The van der Waals surface area contributed by atoms with Gasteiger partial charge >= 0.3 is 0 Å². The molecule has 2 rings (SSSR count). The lowest BCUT2D eigenvalue weighted by atomic mass is 10.2. The molecule has 2 aromatic rings. The van der Waals surface area contributed by atoms with Gasteiger partial charge in [0.2, 0.25) is 0 Å². The highest BCUT2D eigenvalue weighted by molar-refractivity contribution is 9.10. The number of thioether (sulfide) groups is 1. The number of fused-ring (bicyclic) bond motifs is 1. The number of hydrogen-bond donors (Lipinski definition) is 0. The van der Waals surface area contributed by atoms with Crippen molar-refractivity contribution >= 4 is 38.7 Å². The maximum Gasteiger partial charge on any atom is 0.134 e. The highest BCUT2D eigenvalue weighted by Crippen LogP contribution is 2.26. The fourth-order valence-electron chi connectivity index (χ4n) is 1.32. The summed E-state index contributed by atoms with van der Waals surface area (Å²) in [6.07, 6.45) is 3.93. The third-order valence-electron chi connectivity index (χ3n) is 1.92. The smallest absolute Gasteiger partial charge is 0.134 e. The molecule has 0 aliphatic carbocycles. The zero-order valence-corrected chi connectivity index (χ0v) is 9.61. The monoisotopic (exact) mass is 256 g/mol. The lowest BCUT2D eigenvalue weighted by molar-refractivity contribution is 0.612. The Balaban J connectivity index is 2.58. The molecular weight excluding hydrogens is 248 g/mol. The van der Waals surface area contributed by atoms with Gasteiger partial charge < -0.3 is 4.42 Å². The summed E-state index contributed by atoms with van der Waals surface area (Å²) < 4.78 is 6.52. The van der Waals surface area contributed by atoms with E-state index in [2.05, 4.69) is 28.3 Å². The zero-order chi connectivity index (χ0) is 9.26. The van der Waals surface area contributed by atoms with E-state index in [0.29, 0.717) is 0 Å². The van der Waals surface area contributed by atoms with E-state index in [1.165, 1.54) is 10.9 Å². The molecule has 68 valence electrons. The van der Waals surface area contributed by atoms with E-state index in [0.717, 1.165) is 15.8 Å². The van der Waals surface area contributed by atoms with Crippen molar-refractivity contribution in [1.82, 2.24) is 0 Å². The van der Waals surface area contributed by atoms with Crippen molar-refractivity contribution in [3.8, 4) is 0 Å². The molecule has 0 atom stereocenters. The van der Waals surface area contributed by atoms with E-state index < -0.39 is 0 Å². The Morgan fingerprint density at radius 3 is 3.08 bits per heavy atom. The van der Waals surface area contributed by atoms with Crippen LogP contribution in [0.4, 0.5) is 0 Å². The topological polar surface area (TPSA) is 13.1 Å². The predicted molar refractivity (Wildman–Crippen MR) is 61.1 cm³/mol. The van der Waals surface area contributed by atoms with Crippen LogP contribution < -0.4 is 0 Å². The van der Waals surface area contributed by atoms with Crippen molar-refractivity contribution in [2.24, 2.45) is 0 Å². The van der Waals surface area contributed by atoms with Crippen LogP contribution in [0.2, 0.25) is 0 Å². The molecule has 1 aromatic heterocycles. The van der Waals surface area contributed by atoms with Gasteiger partial charge in [-0.1, -0.05) is 15.9 Å². The summed E-state index contributed by atoms with van der Waals surface area (Å²) in [5.41, 5.74) is 2.23. The number of rotatable bonds is 2. The summed E-state index contributed by atoms with van der Waals surface area (Å²) in [5, 5.41) is 1.21. The van der Waals surface area contributed by atoms with Gasteiger partial charge in [0.1, 0.15) is 5.58 Å². The van der Waals surface area contributed by atoms with Crippen molar-refractivity contribution in [3.63, 3.8) is 0 Å². The third kappa shape index (κ3) is 1.76. The summed E-state index contributed by atoms with van der Waals surface area (Å²) >= 11 is 5.26. The molecule has 0 saturated heterocycles. The van der Waals surface area contributed by atoms with Gasteiger partial charge in [0, 0.05) is 21.2 Å². The van der Waals surface area contributed by atoms with Crippen LogP contribution in [0.25, 0.3) is 11.0 Å². The molecule has 0 unspecified atom stereocenters.